The van der Waals surface area contributed by atoms with Crippen molar-refractivity contribution in [2.24, 2.45) is 0 Å². The standard InChI is InChI=1S/C52H41N5O.Pt/c1-32-25-34(3)49(35(4)26-32)45-23-24-55(54-45)40-17-14-18-41(31-40)58-48-30-38(29-43-42-19-10-12-21-46(42)56(51(43)48)39-15-8-7-9-16-39)52-53-44-20-11-13-22-47(44)57(52)50-36(5)27-33(2)28-37(50)6;/h7-29H,1-6H3;/q-2;+2. The molecule has 0 aliphatic carbocycles. The number of nitrogens with zero attached hydrogens (tertiary/aromatic N) is 5. The molecule has 0 amide bonds. The van der Waals surface area contributed by atoms with Crippen LogP contribution in [0.15, 0.2) is 140 Å². The third-order valence-corrected chi connectivity index (χ3v) is 11.1. The molecule has 7 heteroatoms. The van der Waals surface area contributed by atoms with Gasteiger partial charge >= 0.3 is 21.1 Å². The Hall–Kier alpha value is -6.49. The van der Waals surface area contributed by atoms with Gasteiger partial charge in [0.2, 0.25) is 0 Å². The molecule has 0 saturated carbocycles. The summed E-state index contributed by atoms with van der Waals surface area (Å²) in [7, 11) is 0. The van der Waals surface area contributed by atoms with E-state index in [1.54, 1.807) is 0 Å². The van der Waals surface area contributed by atoms with Crippen molar-refractivity contribution in [2.45, 2.75) is 41.5 Å². The van der Waals surface area contributed by atoms with E-state index in [9.17, 15) is 0 Å². The van der Waals surface area contributed by atoms with Crippen molar-refractivity contribution in [3.63, 3.8) is 0 Å². The van der Waals surface area contributed by atoms with Crippen molar-refractivity contribution < 1.29 is 25.8 Å². The van der Waals surface area contributed by atoms with E-state index in [2.05, 4.69) is 166 Å². The molecule has 3 heterocycles. The first-order valence-electron chi connectivity index (χ1n) is 19.7. The number of hydrogen-bond acceptors (Lipinski definition) is 3. The van der Waals surface area contributed by atoms with E-state index in [-0.39, 0.29) is 21.1 Å². The fourth-order valence-electron chi connectivity index (χ4n) is 8.91. The van der Waals surface area contributed by atoms with Gasteiger partial charge in [0.15, 0.2) is 0 Å². The molecule has 0 aliphatic rings. The van der Waals surface area contributed by atoms with Crippen LogP contribution in [-0.4, -0.2) is 23.9 Å². The van der Waals surface area contributed by atoms with Crippen LogP contribution < -0.4 is 4.74 Å². The van der Waals surface area contributed by atoms with Gasteiger partial charge in [-0.25, -0.2) is 0 Å². The minimum absolute atomic E-state index is 0. The van der Waals surface area contributed by atoms with Crippen LogP contribution in [0.25, 0.3) is 72.5 Å². The molecule has 0 atom stereocenters. The van der Waals surface area contributed by atoms with Gasteiger partial charge in [0.05, 0.1) is 28.3 Å². The molecular weight excluding hydrogens is 906 g/mol. The van der Waals surface area contributed by atoms with Crippen LogP contribution in [-0.2, 0) is 21.1 Å². The molecule has 0 aliphatic heterocycles. The van der Waals surface area contributed by atoms with Crippen molar-refractivity contribution in [1.82, 2.24) is 23.9 Å². The first-order valence-corrected chi connectivity index (χ1v) is 19.7. The third-order valence-electron chi connectivity index (χ3n) is 11.1. The van der Waals surface area contributed by atoms with Gasteiger partial charge < -0.3 is 13.9 Å². The number of imidazole rings is 1. The minimum atomic E-state index is 0. The molecule has 0 saturated heterocycles. The molecule has 6 nitrogen and oxygen atoms in total. The van der Waals surface area contributed by atoms with Gasteiger partial charge in [-0.15, -0.1) is 29.8 Å². The van der Waals surface area contributed by atoms with E-state index in [0.29, 0.717) is 11.5 Å². The van der Waals surface area contributed by atoms with Gasteiger partial charge in [0.1, 0.15) is 0 Å². The SMILES string of the molecule is Cc1cc(C)c(-c2ccn(-c3[c-]c(Oc4[c-]c(-c5nc6ccccc6n5-c5c(C)cc(C)cc5C)cc5c6ccccc6n(-c6ccccc6)c45)ccc3)n2)c(C)c1.[Pt+2]. The molecule has 0 unspecified atom stereocenters. The predicted molar refractivity (Wildman–Crippen MR) is 236 cm³/mol. The molecule has 10 rings (SSSR count). The van der Waals surface area contributed by atoms with Crippen LogP contribution in [0.2, 0.25) is 0 Å². The van der Waals surface area contributed by atoms with Crippen molar-refractivity contribution in [3.05, 3.63) is 185 Å². The Labute approximate surface area is 358 Å². The summed E-state index contributed by atoms with van der Waals surface area (Å²) in [6.45, 7) is 12.9. The monoisotopic (exact) mass is 946 g/mol. The summed E-state index contributed by atoms with van der Waals surface area (Å²) in [5, 5.41) is 7.17. The second kappa shape index (κ2) is 15.0. The number of para-hydroxylation sites is 4. The maximum atomic E-state index is 7.02. The van der Waals surface area contributed by atoms with Gasteiger partial charge in [-0.1, -0.05) is 95.4 Å². The molecule has 3 aromatic heterocycles. The van der Waals surface area contributed by atoms with Gasteiger partial charge in [-0.3, -0.25) is 9.67 Å². The van der Waals surface area contributed by atoms with E-state index >= 15 is 0 Å². The molecule has 0 spiro atoms. The second-order valence-electron chi connectivity index (χ2n) is 15.4. The van der Waals surface area contributed by atoms with Gasteiger partial charge in [0.25, 0.3) is 0 Å². The van der Waals surface area contributed by atoms with E-state index in [1.807, 2.05) is 41.2 Å². The zero-order valence-corrected chi connectivity index (χ0v) is 36.0. The summed E-state index contributed by atoms with van der Waals surface area (Å²) in [6, 6.07) is 53.7. The van der Waals surface area contributed by atoms with Crippen LogP contribution in [0, 0.1) is 53.7 Å². The maximum Gasteiger partial charge on any atom is 2.00 e. The smallest absolute Gasteiger partial charge is 0.501 e. The van der Waals surface area contributed by atoms with Crippen molar-refractivity contribution in [2.75, 3.05) is 0 Å². The van der Waals surface area contributed by atoms with E-state index in [4.69, 9.17) is 14.8 Å². The molecule has 59 heavy (non-hydrogen) atoms. The van der Waals surface area contributed by atoms with E-state index in [1.165, 1.54) is 33.4 Å². The first kappa shape index (κ1) is 38.0. The Morgan fingerprint density at radius 1 is 0.576 bits per heavy atom. The van der Waals surface area contributed by atoms with Gasteiger partial charge in [-0.05, 0) is 111 Å². The Morgan fingerprint density at radius 2 is 1.24 bits per heavy atom. The minimum Gasteiger partial charge on any atom is -0.501 e. The Morgan fingerprint density at radius 3 is 1.98 bits per heavy atom. The fraction of sp³-hybridized carbons (Fsp3) is 0.115. The number of hydrogen-bond donors (Lipinski definition) is 0. The maximum absolute atomic E-state index is 7.02. The van der Waals surface area contributed by atoms with Crippen LogP contribution in [0.5, 0.6) is 11.5 Å². The van der Waals surface area contributed by atoms with Crippen molar-refractivity contribution >= 4 is 32.8 Å². The van der Waals surface area contributed by atoms with Crippen molar-refractivity contribution in [3.8, 4) is 51.2 Å². The number of fused-ring (bicyclic) bond motifs is 4. The van der Waals surface area contributed by atoms with Crippen LogP contribution in [0.3, 0.4) is 0 Å². The predicted octanol–water partition coefficient (Wildman–Crippen LogP) is 12.9. The first-order chi connectivity index (χ1) is 28.2. The number of rotatable bonds is 7. The van der Waals surface area contributed by atoms with E-state index in [0.717, 1.165) is 72.5 Å². The van der Waals surface area contributed by atoms with Crippen LogP contribution in [0.1, 0.15) is 33.4 Å². The molecule has 7 aromatic carbocycles. The van der Waals surface area contributed by atoms with Crippen LogP contribution in [0.4, 0.5) is 0 Å². The second-order valence-corrected chi connectivity index (χ2v) is 15.4. The molecule has 10 aromatic rings. The topological polar surface area (TPSA) is 49.8 Å². The Bertz CT molecular complexity index is 3180. The quantitative estimate of drug-likeness (QED) is 0.150. The summed E-state index contributed by atoms with van der Waals surface area (Å²) in [6.07, 6.45) is 1.99. The number of aryl methyl sites for hydroxylation is 6. The fourth-order valence-corrected chi connectivity index (χ4v) is 8.91. The molecule has 0 radical (unpaired) electrons. The molecule has 0 fully saturated rings. The molecule has 0 N–H and O–H groups in total. The summed E-state index contributed by atoms with van der Waals surface area (Å²) in [5.74, 6) is 1.92. The largest absolute Gasteiger partial charge is 2.00 e. The summed E-state index contributed by atoms with van der Waals surface area (Å²) < 4.78 is 13.5. The van der Waals surface area contributed by atoms with E-state index < -0.39 is 0 Å². The summed E-state index contributed by atoms with van der Waals surface area (Å²) >= 11 is 0. The zero-order chi connectivity index (χ0) is 39.7. The summed E-state index contributed by atoms with van der Waals surface area (Å²) in [4.78, 5) is 5.31. The number of ether oxygens (including phenoxy) is 1. The molecular formula is C52H41N5OPt. The average Bonchev–Trinajstić information content (AvgIpc) is 3.93. The third kappa shape index (κ3) is 6.58. The average molecular weight is 947 g/mol. The number of aromatic nitrogens is 5. The Kier molecular flexibility index (Phi) is 9.69. The number of benzene rings is 7. The van der Waals surface area contributed by atoms with Gasteiger partial charge in [-0.2, -0.15) is 11.2 Å². The summed E-state index contributed by atoms with van der Waals surface area (Å²) in [5.41, 5.74) is 17.0. The van der Waals surface area contributed by atoms with Gasteiger partial charge in [0, 0.05) is 39.9 Å². The normalized spacial score (nSPS) is 11.4. The zero-order valence-electron chi connectivity index (χ0n) is 33.7. The molecule has 0 bridgehead atoms. The Balaban J connectivity index is 0.00000449. The molecule has 290 valence electrons. The van der Waals surface area contributed by atoms with Crippen molar-refractivity contribution in [1.29, 1.82) is 0 Å². The van der Waals surface area contributed by atoms with Crippen LogP contribution >= 0.6 is 0 Å².